The Kier molecular flexibility index (Phi) is 4.75. The molecule has 0 radical (unpaired) electrons. The van der Waals surface area contributed by atoms with Gasteiger partial charge in [-0.1, -0.05) is 13.5 Å². The van der Waals surface area contributed by atoms with Crippen LogP contribution in [0.2, 0.25) is 0 Å². The van der Waals surface area contributed by atoms with Gasteiger partial charge in [0.2, 0.25) is 5.91 Å². The van der Waals surface area contributed by atoms with Crippen molar-refractivity contribution in [3.8, 4) is 0 Å². The molecule has 1 aliphatic rings. The molecular formula is C16H20N2O3. The summed E-state index contributed by atoms with van der Waals surface area (Å²) in [5.74, 6) is -0.399. The normalized spacial score (nSPS) is 20.8. The van der Waals surface area contributed by atoms with Crippen molar-refractivity contribution in [3.63, 3.8) is 0 Å². The largest absolute Gasteiger partial charge is 0.379 e. The van der Waals surface area contributed by atoms with Crippen LogP contribution in [0, 0.1) is 0 Å². The predicted octanol–water partition coefficient (Wildman–Crippen LogP) is 2.11. The molecule has 5 heteroatoms. The number of ether oxygens (including phenoxy) is 1. The minimum atomic E-state index is -0.278. The second-order valence-electron chi connectivity index (χ2n) is 5.16. The van der Waals surface area contributed by atoms with Crippen LogP contribution >= 0.6 is 0 Å². The van der Waals surface area contributed by atoms with E-state index in [0.29, 0.717) is 24.5 Å². The van der Waals surface area contributed by atoms with Crippen molar-refractivity contribution in [2.75, 3.05) is 18.5 Å². The van der Waals surface area contributed by atoms with E-state index in [0.717, 1.165) is 12.8 Å². The topological polar surface area (TPSA) is 67.4 Å². The number of amides is 2. The first kappa shape index (κ1) is 15.3. The van der Waals surface area contributed by atoms with E-state index >= 15 is 0 Å². The monoisotopic (exact) mass is 288 g/mol. The maximum Gasteiger partial charge on any atom is 0.251 e. The molecule has 5 nitrogen and oxygen atoms in total. The minimum Gasteiger partial charge on any atom is -0.379 e. The van der Waals surface area contributed by atoms with E-state index in [1.54, 1.807) is 24.3 Å². The highest BCUT2D eigenvalue weighted by atomic mass is 16.5. The Morgan fingerprint density at radius 2 is 2.10 bits per heavy atom. The molecule has 1 fully saturated rings. The van der Waals surface area contributed by atoms with Crippen molar-refractivity contribution in [3.05, 3.63) is 42.5 Å². The zero-order chi connectivity index (χ0) is 15.3. The fraction of sp³-hybridized carbons (Fsp3) is 0.375. The molecule has 1 aromatic rings. The molecular weight excluding hydrogens is 268 g/mol. The van der Waals surface area contributed by atoms with Gasteiger partial charge in [0.25, 0.3) is 5.91 Å². The van der Waals surface area contributed by atoms with Gasteiger partial charge in [0.05, 0.1) is 12.1 Å². The van der Waals surface area contributed by atoms with Crippen LogP contribution in [-0.2, 0) is 9.53 Å². The van der Waals surface area contributed by atoms with Gasteiger partial charge in [0.1, 0.15) is 0 Å². The third-order valence-corrected chi connectivity index (χ3v) is 3.76. The summed E-state index contributed by atoms with van der Waals surface area (Å²) in [6.45, 7) is 6.67. The Morgan fingerprint density at radius 1 is 1.38 bits per heavy atom. The number of rotatable bonds is 5. The van der Waals surface area contributed by atoms with Crippen LogP contribution in [0.4, 0.5) is 5.69 Å². The number of carbonyl (C=O) groups excluding carboxylic acids is 2. The summed E-state index contributed by atoms with van der Waals surface area (Å²) in [6.07, 6.45) is 2.88. The molecule has 0 aromatic heterocycles. The summed E-state index contributed by atoms with van der Waals surface area (Å²) in [5.41, 5.74) is 0.935. The van der Waals surface area contributed by atoms with E-state index in [2.05, 4.69) is 17.2 Å². The molecule has 112 valence electrons. The molecule has 0 aliphatic carbocycles. The molecule has 1 atom stereocenters. The minimum absolute atomic E-state index is 0.121. The Hall–Kier alpha value is -2.14. The molecule has 2 amide bonds. The second-order valence-corrected chi connectivity index (χ2v) is 5.16. The van der Waals surface area contributed by atoms with Gasteiger partial charge >= 0.3 is 0 Å². The molecule has 21 heavy (non-hydrogen) atoms. The lowest BCUT2D eigenvalue weighted by molar-refractivity contribution is -0.111. The highest BCUT2D eigenvalue weighted by Gasteiger charge is 2.34. The first-order chi connectivity index (χ1) is 10.1. The number of nitrogens with one attached hydrogen (secondary N) is 2. The summed E-state index contributed by atoms with van der Waals surface area (Å²) in [5, 5.41) is 5.70. The van der Waals surface area contributed by atoms with Crippen LogP contribution in [0.5, 0.6) is 0 Å². The van der Waals surface area contributed by atoms with E-state index < -0.39 is 0 Å². The standard InChI is InChI=1S/C16H20N2O3/c1-3-14(19)17-13-7-5-12(6-8-13)15(20)18-16(4-2)9-10-21-11-16/h3,5-8H,1,4,9-11H2,2H3,(H,17,19)(H,18,20). The van der Waals surface area contributed by atoms with Gasteiger partial charge in [0.15, 0.2) is 0 Å². The Bertz CT molecular complexity index is 531. The number of hydrogen-bond donors (Lipinski definition) is 2. The molecule has 0 bridgehead atoms. The van der Waals surface area contributed by atoms with Crippen molar-refractivity contribution in [1.82, 2.24) is 5.32 Å². The van der Waals surface area contributed by atoms with Crippen molar-refractivity contribution >= 4 is 17.5 Å². The first-order valence-corrected chi connectivity index (χ1v) is 7.02. The van der Waals surface area contributed by atoms with Gasteiger partial charge in [-0.2, -0.15) is 0 Å². The van der Waals surface area contributed by atoms with Crippen molar-refractivity contribution in [2.24, 2.45) is 0 Å². The molecule has 1 saturated heterocycles. The molecule has 2 N–H and O–H groups in total. The average molecular weight is 288 g/mol. The summed E-state index contributed by atoms with van der Waals surface area (Å²) < 4.78 is 5.39. The third-order valence-electron chi connectivity index (χ3n) is 3.76. The maximum atomic E-state index is 12.3. The van der Waals surface area contributed by atoms with Crippen LogP contribution in [-0.4, -0.2) is 30.6 Å². The molecule has 1 aromatic carbocycles. The fourth-order valence-electron chi connectivity index (χ4n) is 2.28. The maximum absolute atomic E-state index is 12.3. The van der Waals surface area contributed by atoms with Crippen LogP contribution in [0.25, 0.3) is 0 Å². The van der Waals surface area contributed by atoms with Crippen LogP contribution in [0.3, 0.4) is 0 Å². The summed E-state index contributed by atoms with van der Waals surface area (Å²) in [4.78, 5) is 23.5. The summed E-state index contributed by atoms with van der Waals surface area (Å²) in [6, 6.07) is 6.76. The Morgan fingerprint density at radius 3 is 2.62 bits per heavy atom. The molecule has 1 aliphatic heterocycles. The third kappa shape index (κ3) is 3.70. The number of hydrogen-bond acceptors (Lipinski definition) is 3. The van der Waals surface area contributed by atoms with E-state index in [1.165, 1.54) is 6.08 Å². The highest BCUT2D eigenvalue weighted by molar-refractivity contribution is 5.99. The van der Waals surface area contributed by atoms with Crippen LogP contribution in [0.1, 0.15) is 30.1 Å². The predicted molar refractivity (Wildman–Crippen MR) is 81.2 cm³/mol. The number of benzene rings is 1. The van der Waals surface area contributed by atoms with E-state index in [1.807, 2.05) is 6.92 Å². The van der Waals surface area contributed by atoms with E-state index in [4.69, 9.17) is 4.74 Å². The SMILES string of the molecule is C=CC(=O)Nc1ccc(C(=O)NC2(CC)CCOC2)cc1. The van der Waals surface area contributed by atoms with Gasteiger partial charge in [-0.15, -0.1) is 0 Å². The highest BCUT2D eigenvalue weighted by Crippen LogP contribution is 2.23. The van der Waals surface area contributed by atoms with Crippen molar-refractivity contribution in [2.45, 2.75) is 25.3 Å². The van der Waals surface area contributed by atoms with Crippen LogP contribution in [0.15, 0.2) is 36.9 Å². The van der Waals surface area contributed by atoms with Gasteiger partial charge in [-0.05, 0) is 43.2 Å². The Labute approximate surface area is 124 Å². The first-order valence-electron chi connectivity index (χ1n) is 7.02. The Balaban J connectivity index is 2.02. The van der Waals surface area contributed by atoms with E-state index in [-0.39, 0.29) is 17.4 Å². The fourth-order valence-corrected chi connectivity index (χ4v) is 2.28. The molecule has 1 unspecified atom stereocenters. The van der Waals surface area contributed by atoms with E-state index in [9.17, 15) is 9.59 Å². The van der Waals surface area contributed by atoms with Gasteiger partial charge in [-0.25, -0.2) is 0 Å². The number of anilines is 1. The van der Waals surface area contributed by atoms with Gasteiger partial charge in [-0.3, -0.25) is 9.59 Å². The molecule has 1 heterocycles. The smallest absolute Gasteiger partial charge is 0.251 e. The van der Waals surface area contributed by atoms with Crippen molar-refractivity contribution in [1.29, 1.82) is 0 Å². The lowest BCUT2D eigenvalue weighted by atomic mass is 9.95. The quantitative estimate of drug-likeness (QED) is 0.815. The molecule has 2 rings (SSSR count). The van der Waals surface area contributed by atoms with Gasteiger partial charge < -0.3 is 15.4 Å². The van der Waals surface area contributed by atoms with Crippen molar-refractivity contribution < 1.29 is 14.3 Å². The lowest BCUT2D eigenvalue weighted by Gasteiger charge is -2.27. The molecule has 0 saturated carbocycles. The summed E-state index contributed by atoms with van der Waals surface area (Å²) >= 11 is 0. The second kappa shape index (κ2) is 6.54. The molecule has 0 spiro atoms. The number of carbonyl (C=O) groups is 2. The van der Waals surface area contributed by atoms with Gasteiger partial charge in [0, 0.05) is 17.9 Å². The average Bonchev–Trinajstić information content (AvgIpc) is 2.97. The zero-order valence-electron chi connectivity index (χ0n) is 12.1. The zero-order valence-corrected chi connectivity index (χ0v) is 12.1. The van der Waals surface area contributed by atoms with Crippen LogP contribution < -0.4 is 10.6 Å². The summed E-state index contributed by atoms with van der Waals surface area (Å²) in [7, 11) is 0. The lowest BCUT2D eigenvalue weighted by Crippen LogP contribution is -2.48.